The van der Waals surface area contributed by atoms with Crippen LogP contribution in [0.3, 0.4) is 0 Å². The summed E-state index contributed by atoms with van der Waals surface area (Å²) in [5.74, 6) is 0.819. The van der Waals surface area contributed by atoms with E-state index in [2.05, 4.69) is 20.4 Å². The highest BCUT2D eigenvalue weighted by Gasteiger charge is 2.44. The predicted molar refractivity (Wildman–Crippen MR) is 76.3 cm³/mol. The summed E-state index contributed by atoms with van der Waals surface area (Å²) >= 11 is 0. The van der Waals surface area contributed by atoms with E-state index < -0.39 is 12.0 Å². The van der Waals surface area contributed by atoms with Gasteiger partial charge in [0.2, 0.25) is 5.89 Å². The average Bonchev–Trinajstić information content (AvgIpc) is 3.07. The molecule has 3 heterocycles. The fraction of sp³-hybridized carbons (Fsp3) is 0.786. The normalized spacial score (nSPS) is 24.9. The third-order valence-electron chi connectivity index (χ3n) is 4.69. The van der Waals surface area contributed by atoms with Crippen LogP contribution >= 0.6 is 0 Å². The highest BCUT2D eigenvalue weighted by Crippen LogP contribution is 2.40. The molecule has 1 atom stereocenters. The van der Waals surface area contributed by atoms with Gasteiger partial charge in [0, 0.05) is 25.6 Å². The molecular formula is C14H22N4O3. The Morgan fingerprint density at radius 2 is 2.19 bits per heavy atom. The average molecular weight is 294 g/mol. The molecule has 2 saturated heterocycles. The smallest absolute Gasteiger partial charge is 0.320 e. The number of piperidine rings is 1. The van der Waals surface area contributed by atoms with Gasteiger partial charge in [-0.25, -0.2) is 0 Å². The van der Waals surface area contributed by atoms with Crippen LogP contribution in [0.1, 0.15) is 44.9 Å². The lowest BCUT2D eigenvalue weighted by atomic mass is 9.76. The van der Waals surface area contributed by atoms with Crippen molar-refractivity contribution in [2.45, 2.75) is 45.1 Å². The van der Waals surface area contributed by atoms with Crippen molar-refractivity contribution in [3.05, 3.63) is 5.89 Å². The van der Waals surface area contributed by atoms with Crippen molar-refractivity contribution in [3.63, 3.8) is 0 Å². The molecule has 2 aliphatic rings. The van der Waals surface area contributed by atoms with Crippen LogP contribution in [0, 0.1) is 5.41 Å². The van der Waals surface area contributed by atoms with E-state index in [0.717, 1.165) is 38.9 Å². The number of carboxylic acid groups (broad SMARTS) is 1. The predicted octanol–water partition coefficient (Wildman–Crippen LogP) is 1.23. The van der Waals surface area contributed by atoms with E-state index in [0.29, 0.717) is 11.8 Å². The van der Waals surface area contributed by atoms with Crippen molar-refractivity contribution in [1.82, 2.24) is 15.5 Å². The molecule has 116 valence electrons. The maximum atomic E-state index is 11.1. The molecule has 2 N–H and O–H groups in total. The van der Waals surface area contributed by atoms with Crippen LogP contribution in [0.15, 0.2) is 4.52 Å². The Morgan fingerprint density at radius 1 is 1.48 bits per heavy atom. The summed E-state index contributed by atoms with van der Waals surface area (Å²) in [7, 11) is 0. The fourth-order valence-electron chi connectivity index (χ4n) is 3.24. The van der Waals surface area contributed by atoms with E-state index in [1.165, 1.54) is 0 Å². The van der Waals surface area contributed by atoms with E-state index in [9.17, 15) is 4.79 Å². The van der Waals surface area contributed by atoms with Crippen molar-refractivity contribution in [1.29, 1.82) is 0 Å². The Bertz CT molecular complexity index is 520. The van der Waals surface area contributed by atoms with E-state index in [-0.39, 0.29) is 11.3 Å². The van der Waals surface area contributed by atoms with Gasteiger partial charge in [-0.1, -0.05) is 13.8 Å². The number of aromatic nitrogens is 2. The Morgan fingerprint density at radius 3 is 2.71 bits per heavy atom. The lowest BCUT2D eigenvalue weighted by molar-refractivity contribution is -0.139. The number of carboxylic acids is 1. The molecule has 2 aliphatic heterocycles. The molecule has 0 radical (unpaired) electrons. The van der Waals surface area contributed by atoms with Crippen molar-refractivity contribution >= 4 is 11.9 Å². The second-order valence-corrected chi connectivity index (χ2v) is 6.55. The van der Waals surface area contributed by atoms with E-state index in [1.54, 1.807) is 0 Å². The summed E-state index contributed by atoms with van der Waals surface area (Å²) in [4.78, 5) is 17.6. The standard InChI is InChI=1S/C14H22N4O3/c1-9(2)11-16-13(17-21-11)18-5-3-14(4-6-18)7-10(12(19)20)15-8-14/h9-10,15H,3-8H2,1-2H3,(H,19,20)/t10-/m1/s1. The van der Waals surface area contributed by atoms with Gasteiger partial charge in [-0.15, -0.1) is 0 Å². The van der Waals surface area contributed by atoms with Gasteiger partial charge in [-0.3, -0.25) is 4.79 Å². The number of carbonyl (C=O) groups is 1. The summed E-state index contributed by atoms with van der Waals surface area (Å²) in [6.45, 7) is 6.55. The van der Waals surface area contributed by atoms with Gasteiger partial charge in [0.1, 0.15) is 6.04 Å². The Labute approximate surface area is 123 Å². The van der Waals surface area contributed by atoms with Crippen molar-refractivity contribution in [2.75, 3.05) is 24.5 Å². The monoisotopic (exact) mass is 294 g/mol. The zero-order chi connectivity index (χ0) is 15.0. The minimum absolute atomic E-state index is 0.115. The summed E-state index contributed by atoms with van der Waals surface area (Å²) < 4.78 is 5.25. The lowest BCUT2D eigenvalue weighted by Gasteiger charge is -2.38. The Kier molecular flexibility index (Phi) is 3.61. The minimum atomic E-state index is -0.742. The van der Waals surface area contributed by atoms with Gasteiger partial charge in [0.25, 0.3) is 5.95 Å². The molecular weight excluding hydrogens is 272 g/mol. The van der Waals surface area contributed by atoms with E-state index >= 15 is 0 Å². The molecule has 3 rings (SSSR count). The maximum Gasteiger partial charge on any atom is 0.320 e. The Balaban J connectivity index is 1.61. The van der Waals surface area contributed by atoms with Crippen molar-refractivity contribution in [2.24, 2.45) is 5.41 Å². The molecule has 0 aromatic carbocycles. The van der Waals surface area contributed by atoms with Crippen LogP contribution in [0.5, 0.6) is 0 Å². The third-order valence-corrected chi connectivity index (χ3v) is 4.69. The van der Waals surface area contributed by atoms with Crippen LogP contribution in [0.25, 0.3) is 0 Å². The zero-order valence-electron chi connectivity index (χ0n) is 12.5. The number of hydrogen-bond acceptors (Lipinski definition) is 6. The summed E-state index contributed by atoms with van der Waals surface area (Å²) in [6, 6.07) is -0.394. The summed E-state index contributed by atoms with van der Waals surface area (Å²) in [5.41, 5.74) is 0.115. The number of hydrogen-bond donors (Lipinski definition) is 2. The fourth-order valence-corrected chi connectivity index (χ4v) is 3.24. The molecule has 0 aliphatic carbocycles. The second kappa shape index (κ2) is 5.29. The summed E-state index contributed by atoms with van der Waals surface area (Å²) in [6.07, 6.45) is 2.66. The first kappa shape index (κ1) is 14.3. The van der Waals surface area contributed by atoms with Crippen LogP contribution < -0.4 is 10.2 Å². The van der Waals surface area contributed by atoms with Crippen molar-refractivity contribution < 1.29 is 14.4 Å². The molecule has 7 heteroatoms. The first-order chi connectivity index (χ1) is 9.99. The molecule has 1 aromatic heterocycles. The SMILES string of the molecule is CC(C)c1nc(N2CCC3(CC2)CN[C@@H](C(=O)O)C3)no1. The van der Waals surface area contributed by atoms with Crippen LogP contribution in [0.4, 0.5) is 5.95 Å². The van der Waals surface area contributed by atoms with Gasteiger partial charge >= 0.3 is 5.97 Å². The molecule has 0 amide bonds. The molecule has 2 fully saturated rings. The van der Waals surface area contributed by atoms with Crippen LogP contribution in [-0.2, 0) is 4.79 Å². The number of nitrogens with one attached hydrogen (secondary N) is 1. The molecule has 1 spiro atoms. The van der Waals surface area contributed by atoms with E-state index in [4.69, 9.17) is 9.63 Å². The van der Waals surface area contributed by atoms with Gasteiger partial charge in [-0.2, -0.15) is 4.98 Å². The molecule has 0 bridgehead atoms. The second-order valence-electron chi connectivity index (χ2n) is 6.55. The minimum Gasteiger partial charge on any atom is -0.480 e. The number of anilines is 1. The first-order valence-corrected chi connectivity index (χ1v) is 7.54. The van der Waals surface area contributed by atoms with Crippen LogP contribution in [0.2, 0.25) is 0 Å². The number of rotatable bonds is 3. The summed E-state index contributed by atoms with van der Waals surface area (Å²) in [5, 5.41) is 16.3. The lowest BCUT2D eigenvalue weighted by Crippen LogP contribution is -2.41. The molecule has 21 heavy (non-hydrogen) atoms. The van der Waals surface area contributed by atoms with Crippen LogP contribution in [-0.4, -0.2) is 46.9 Å². The highest BCUT2D eigenvalue weighted by atomic mass is 16.5. The van der Waals surface area contributed by atoms with Crippen molar-refractivity contribution in [3.8, 4) is 0 Å². The van der Waals surface area contributed by atoms with Gasteiger partial charge < -0.3 is 19.8 Å². The number of aliphatic carboxylic acids is 1. The van der Waals surface area contributed by atoms with E-state index in [1.807, 2.05) is 13.8 Å². The van der Waals surface area contributed by atoms with Gasteiger partial charge in [-0.05, 0) is 29.8 Å². The maximum absolute atomic E-state index is 11.1. The molecule has 1 aromatic rings. The number of nitrogens with zero attached hydrogens (tertiary/aromatic N) is 3. The molecule has 7 nitrogen and oxygen atoms in total. The largest absolute Gasteiger partial charge is 0.480 e. The third kappa shape index (κ3) is 2.74. The molecule has 0 saturated carbocycles. The quantitative estimate of drug-likeness (QED) is 0.866. The topological polar surface area (TPSA) is 91.5 Å². The van der Waals surface area contributed by atoms with Gasteiger partial charge in [0.05, 0.1) is 0 Å². The zero-order valence-corrected chi connectivity index (χ0v) is 12.5. The molecule has 0 unspecified atom stereocenters. The highest BCUT2D eigenvalue weighted by molar-refractivity contribution is 5.74. The van der Waals surface area contributed by atoms with Gasteiger partial charge in [0.15, 0.2) is 0 Å². The first-order valence-electron chi connectivity index (χ1n) is 7.54. The Hall–Kier alpha value is -1.63.